The van der Waals surface area contributed by atoms with E-state index in [2.05, 4.69) is 5.32 Å². The molecule has 7 heteroatoms. The Balaban J connectivity index is 1.42. The lowest BCUT2D eigenvalue weighted by atomic mass is 10.2. The summed E-state index contributed by atoms with van der Waals surface area (Å²) in [6.45, 7) is 3.37. The van der Waals surface area contributed by atoms with Gasteiger partial charge in [0.05, 0.1) is 13.1 Å². The first-order valence-electron chi connectivity index (χ1n) is 10.1. The number of aryl methyl sites for hydroxylation is 1. The number of likely N-dealkylation sites (N-methyl/N-ethyl adjacent to an activating group) is 1. The lowest BCUT2D eigenvalue weighted by molar-refractivity contribution is -0.129. The summed E-state index contributed by atoms with van der Waals surface area (Å²) >= 11 is 0. The number of rotatable bonds is 8. The molecule has 158 valence electrons. The molecule has 1 N–H and O–H groups in total. The van der Waals surface area contributed by atoms with Gasteiger partial charge in [0.15, 0.2) is 0 Å². The fourth-order valence-corrected chi connectivity index (χ4v) is 3.24. The lowest BCUT2D eigenvalue weighted by Crippen LogP contribution is -2.39. The molecule has 0 aromatic heterocycles. The number of anilines is 1. The van der Waals surface area contributed by atoms with Gasteiger partial charge in [-0.3, -0.25) is 14.4 Å². The molecule has 0 aliphatic carbocycles. The van der Waals surface area contributed by atoms with Crippen LogP contribution in [0.15, 0.2) is 48.5 Å². The monoisotopic (exact) mass is 409 g/mol. The van der Waals surface area contributed by atoms with E-state index in [0.29, 0.717) is 31.7 Å². The van der Waals surface area contributed by atoms with Crippen molar-refractivity contribution < 1.29 is 19.1 Å². The number of hydrogen-bond donors (Lipinski definition) is 1. The third-order valence-electron chi connectivity index (χ3n) is 5.12. The molecule has 3 rings (SSSR count). The van der Waals surface area contributed by atoms with Gasteiger partial charge in [0, 0.05) is 31.3 Å². The van der Waals surface area contributed by atoms with E-state index >= 15 is 0 Å². The fourth-order valence-electron chi connectivity index (χ4n) is 3.24. The second-order valence-electron chi connectivity index (χ2n) is 7.31. The number of nitrogens with one attached hydrogen (secondary N) is 1. The van der Waals surface area contributed by atoms with Gasteiger partial charge in [0.25, 0.3) is 5.91 Å². The van der Waals surface area contributed by atoms with Gasteiger partial charge in [0.1, 0.15) is 12.4 Å². The number of amides is 3. The Hall–Kier alpha value is -3.35. The Morgan fingerprint density at radius 3 is 2.53 bits per heavy atom. The van der Waals surface area contributed by atoms with Gasteiger partial charge in [-0.05, 0) is 49.2 Å². The summed E-state index contributed by atoms with van der Waals surface area (Å²) in [6.07, 6.45) is 1.42. The number of nitrogens with zero attached hydrogens (tertiary/aromatic N) is 2. The van der Waals surface area contributed by atoms with Crippen molar-refractivity contribution in [1.29, 1.82) is 0 Å². The third kappa shape index (κ3) is 5.37. The molecule has 7 nitrogen and oxygen atoms in total. The highest BCUT2D eigenvalue weighted by molar-refractivity contribution is 5.98. The van der Waals surface area contributed by atoms with Crippen LogP contribution in [0.5, 0.6) is 5.75 Å². The molecule has 1 aliphatic heterocycles. The normalized spacial score (nSPS) is 13.3. The highest BCUT2D eigenvalue weighted by Crippen LogP contribution is 2.21. The van der Waals surface area contributed by atoms with E-state index in [4.69, 9.17) is 4.74 Å². The second kappa shape index (κ2) is 9.91. The first kappa shape index (κ1) is 21.4. The van der Waals surface area contributed by atoms with Crippen LogP contribution in [0.3, 0.4) is 0 Å². The maximum Gasteiger partial charge on any atom is 0.251 e. The van der Waals surface area contributed by atoms with Crippen LogP contribution in [0.4, 0.5) is 5.69 Å². The van der Waals surface area contributed by atoms with Crippen LogP contribution >= 0.6 is 0 Å². The van der Waals surface area contributed by atoms with Crippen molar-refractivity contribution in [3.63, 3.8) is 0 Å². The molecule has 1 fully saturated rings. The number of carbonyl (C=O) groups excluding carboxylic acids is 3. The van der Waals surface area contributed by atoms with Gasteiger partial charge in [-0.2, -0.15) is 0 Å². The lowest BCUT2D eigenvalue weighted by Gasteiger charge is -2.18. The summed E-state index contributed by atoms with van der Waals surface area (Å²) in [5.41, 5.74) is 2.28. The van der Waals surface area contributed by atoms with Crippen molar-refractivity contribution >= 4 is 23.4 Å². The minimum Gasteiger partial charge on any atom is -0.491 e. The topological polar surface area (TPSA) is 79.0 Å². The van der Waals surface area contributed by atoms with Gasteiger partial charge >= 0.3 is 0 Å². The molecular weight excluding hydrogens is 382 g/mol. The van der Waals surface area contributed by atoms with E-state index in [-0.39, 0.29) is 24.3 Å². The van der Waals surface area contributed by atoms with Crippen molar-refractivity contribution in [2.75, 3.05) is 38.2 Å². The predicted molar refractivity (Wildman–Crippen MR) is 115 cm³/mol. The molecule has 0 bridgehead atoms. The molecular formula is C23H27N3O4. The third-order valence-corrected chi connectivity index (χ3v) is 5.12. The van der Waals surface area contributed by atoms with Crippen LogP contribution in [-0.2, 0) is 9.59 Å². The summed E-state index contributed by atoms with van der Waals surface area (Å²) in [5, 5.41) is 2.64. The first-order chi connectivity index (χ1) is 14.5. The standard InChI is InChI=1S/C23H27N3O4/c1-17-6-3-4-7-20(17)30-15-14-25(2)22(28)16-24-23(29)18-9-11-19(12-10-18)26-13-5-8-21(26)27/h3-4,6-7,9-12H,5,8,13-16H2,1-2H3,(H,24,29). The molecule has 1 saturated heterocycles. The largest absolute Gasteiger partial charge is 0.491 e. The zero-order valence-electron chi connectivity index (χ0n) is 17.4. The first-order valence-corrected chi connectivity index (χ1v) is 10.1. The van der Waals surface area contributed by atoms with E-state index < -0.39 is 0 Å². The van der Waals surface area contributed by atoms with E-state index in [1.165, 1.54) is 4.90 Å². The molecule has 1 heterocycles. The Morgan fingerprint density at radius 1 is 1.13 bits per heavy atom. The number of benzene rings is 2. The molecule has 0 spiro atoms. The van der Waals surface area contributed by atoms with E-state index in [1.807, 2.05) is 31.2 Å². The Morgan fingerprint density at radius 2 is 1.87 bits per heavy atom. The van der Waals surface area contributed by atoms with Crippen LogP contribution in [0.1, 0.15) is 28.8 Å². The van der Waals surface area contributed by atoms with Crippen molar-refractivity contribution in [3.05, 3.63) is 59.7 Å². The summed E-state index contributed by atoms with van der Waals surface area (Å²) in [7, 11) is 1.68. The van der Waals surface area contributed by atoms with Crippen molar-refractivity contribution in [2.45, 2.75) is 19.8 Å². The van der Waals surface area contributed by atoms with Gasteiger partial charge in [-0.1, -0.05) is 18.2 Å². The molecule has 0 atom stereocenters. The average Bonchev–Trinajstić information content (AvgIpc) is 3.19. The Bertz CT molecular complexity index is 911. The summed E-state index contributed by atoms with van der Waals surface area (Å²) in [6, 6.07) is 14.6. The zero-order chi connectivity index (χ0) is 21.5. The molecule has 30 heavy (non-hydrogen) atoms. The van der Waals surface area contributed by atoms with Crippen molar-refractivity contribution in [1.82, 2.24) is 10.2 Å². The molecule has 0 saturated carbocycles. The summed E-state index contributed by atoms with van der Waals surface area (Å²) in [5.74, 6) is 0.376. The number of carbonyl (C=O) groups is 3. The number of para-hydroxylation sites is 1. The second-order valence-corrected chi connectivity index (χ2v) is 7.31. The molecule has 2 aromatic rings. The quantitative estimate of drug-likeness (QED) is 0.726. The highest BCUT2D eigenvalue weighted by atomic mass is 16.5. The molecule has 0 unspecified atom stereocenters. The average molecular weight is 409 g/mol. The van der Waals surface area contributed by atoms with Crippen molar-refractivity contribution in [3.8, 4) is 5.75 Å². The maximum absolute atomic E-state index is 12.3. The van der Waals surface area contributed by atoms with Gasteiger partial charge in [-0.15, -0.1) is 0 Å². The van der Waals surface area contributed by atoms with E-state index in [1.54, 1.807) is 36.2 Å². The number of hydrogen-bond acceptors (Lipinski definition) is 4. The number of ether oxygens (including phenoxy) is 1. The zero-order valence-corrected chi connectivity index (χ0v) is 17.4. The van der Waals surface area contributed by atoms with Crippen LogP contribution in [0, 0.1) is 6.92 Å². The summed E-state index contributed by atoms with van der Waals surface area (Å²) < 4.78 is 5.70. The van der Waals surface area contributed by atoms with Crippen LogP contribution < -0.4 is 15.0 Å². The van der Waals surface area contributed by atoms with Crippen LogP contribution in [-0.4, -0.2) is 55.9 Å². The molecule has 3 amide bonds. The van der Waals surface area contributed by atoms with Crippen molar-refractivity contribution in [2.24, 2.45) is 0 Å². The molecule has 1 aliphatic rings. The van der Waals surface area contributed by atoms with Gasteiger partial charge in [-0.25, -0.2) is 0 Å². The Kier molecular flexibility index (Phi) is 7.06. The molecule has 0 radical (unpaired) electrons. The van der Waals surface area contributed by atoms with E-state index in [0.717, 1.165) is 23.4 Å². The fraction of sp³-hybridized carbons (Fsp3) is 0.348. The summed E-state index contributed by atoms with van der Waals surface area (Å²) in [4.78, 5) is 39.6. The highest BCUT2D eigenvalue weighted by Gasteiger charge is 2.21. The minimum atomic E-state index is -0.327. The van der Waals surface area contributed by atoms with E-state index in [9.17, 15) is 14.4 Å². The van der Waals surface area contributed by atoms with Crippen LogP contribution in [0.25, 0.3) is 0 Å². The van der Waals surface area contributed by atoms with Gasteiger partial charge in [0.2, 0.25) is 11.8 Å². The maximum atomic E-state index is 12.3. The predicted octanol–water partition coefficient (Wildman–Crippen LogP) is 2.39. The van der Waals surface area contributed by atoms with Gasteiger partial charge < -0.3 is 19.9 Å². The smallest absolute Gasteiger partial charge is 0.251 e. The molecule has 2 aromatic carbocycles. The SMILES string of the molecule is Cc1ccccc1OCCN(C)C(=O)CNC(=O)c1ccc(N2CCCC2=O)cc1. The Labute approximate surface area is 176 Å². The minimum absolute atomic E-state index is 0.0912. The van der Waals surface area contributed by atoms with Crippen LogP contribution in [0.2, 0.25) is 0 Å².